The van der Waals surface area contributed by atoms with Crippen molar-refractivity contribution < 1.29 is 13.6 Å². The lowest BCUT2D eigenvalue weighted by Gasteiger charge is -2.08. The fourth-order valence-corrected chi connectivity index (χ4v) is 3.19. The number of benzene rings is 2. The van der Waals surface area contributed by atoms with Crippen molar-refractivity contribution in [2.75, 3.05) is 13.6 Å². The highest BCUT2D eigenvalue weighted by atomic mass is 32.2. The van der Waals surface area contributed by atoms with Gasteiger partial charge >= 0.3 is 0 Å². The molecule has 3 nitrogen and oxygen atoms in total. The molecule has 0 spiro atoms. The van der Waals surface area contributed by atoms with Crippen molar-refractivity contribution in [2.24, 2.45) is 4.36 Å². The van der Waals surface area contributed by atoms with E-state index in [9.17, 15) is 13.6 Å². The highest BCUT2D eigenvalue weighted by molar-refractivity contribution is 7.87. The molecule has 0 aliphatic rings. The fourth-order valence-electron chi connectivity index (χ4n) is 1.65. The third-order valence-electron chi connectivity index (χ3n) is 2.59. The van der Waals surface area contributed by atoms with E-state index in [2.05, 4.69) is 9.68 Å². The number of nitrogens with one attached hydrogen (secondary N) is 1. The van der Waals surface area contributed by atoms with E-state index in [1.54, 1.807) is 31.3 Å². The van der Waals surface area contributed by atoms with Gasteiger partial charge in [-0.3, -0.25) is 4.79 Å². The quantitative estimate of drug-likeness (QED) is 0.943. The number of amides is 1. The van der Waals surface area contributed by atoms with E-state index in [1.165, 1.54) is 24.3 Å². The minimum absolute atomic E-state index is 0.117. The van der Waals surface area contributed by atoms with Crippen molar-refractivity contribution in [3.63, 3.8) is 0 Å². The molecule has 0 saturated carbocycles. The van der Waals surface area contributed by atoms with E-state index < -0.39 is 10.7 Å². The maximum atomic E-state index is 13.0. The number of hydrogen-bond donors (Lipinski definition) is 1. The van der Waals surface area contributed by atoms with Crippen LogP contribution in [0.1, 0.15) is 0 Å². The molecule has 0 bridgehead atoms. The zero-order valence-corrected chi connectivity index (χ0v) is 12.2. The van der Waals surface area contributed by atoms with Gasteiger partial charge in [0.05, 0.1) is 6.54 Å². The van der Waals surface area contributed by atoms with E-state index in [-0.39, 0.29) is 24.1 Å². The highest BCUT2D eigenvalue weighted by Gasteiger charge is 2.09. The Balaban J connectivity index is 2.46. The Morgan fingerprint density at radius 3 is 1.81 bits per heavy atom. The first-order valence-corrected chi connectivity index (χ1v) is 7.43. The average molecular weight is 308 g/mol. The number of nitrogens with zero attached hydrogens (tertiary/aromatic N) is 1. The first-order valence-electron chi connectivity index (χ1n) is 6.25. The van der Waals surface area contributed by atoms with Gasteiger partial charge in [-0.1, -0.05) is 0 Å². The van der Waals surface area contributed by atoms with Crippen molar-refractivity contribution in [3.05, 3.63) is 60.2 Å². The molecule has 0 aliphatic heterocycles. The summed E-state index contributed by atoms with van der Waals surface area (Å²) < 4.78 is 30.2. The van der Waals surface area contributed by atoms with Gasteiger partial charge in [-0.25, -0.2) is 8.78 Å². The Morgan fingerprint density at radius 2 is 1.43 bits per heavy atom. The minimum Gasteiger partial charge on any atom is -0.311 e. The molecule has 0 aliphatic carbocycles. The van der Waals surface area contributed by atoms with Crippen molar-refractivity contribution in [3.8, 4) is 0 Å². The molecule has 0 unspecified atom stereocenters. The second-order valence-electron chi connectivity index (χ2n) is 4.21. The predicted octanol–water partition coefficient (Wildman–Crippen LogP) is 2.93. The third kappa shape index (κ3) is 4.27. The van der Waals surface area contributed by atoms with Crippen molar-refractivity contribution in [1.82, 2.24) is 5.32 Å². The Hall–Kier alpha value is -1.92. The second kappa shape index (κ2) is 7.19. The molecular weight excluding hydrogens is 294 g/mol. The maximum absolute atomic E-state index is 13.0. The monoisotopic (exact) mass is 308 g/mol. The van der Waals surface area contributed by atoms with Gasteiger partial charge in [0.25, 0.3) is 5.91 Å². The van der Waals surface area contributed by atoms with E-state index in [0.717, 1.165) is 0 Å². The summed E-state index contributed by atoms with van der Waals surface area (Å²) in [6.45, 7) is 0.117. The average Bonchev–Trinajstić information content (AvgIpc) is 2.47. The molecule has 0 heterocycles. The lowest BCUT2D eigenvalue weighted by molar-refractivity contribution is -0.116. The zero-order valence-electron chi connectivity index (χ0n) is 11.3. The molecule has 2 aromatic rings. The lowest BCUT2D eigenvalue weighted by atomic mass is 10.3. The standard InChI is InChI=1S/C15H14F2N2OS/c1-18-10-15(20)19-21(13-6-2-11(16)3-7-13)14-8-4-12(17)5-9-14/h2-9,18H,10H2,1H3. The van der Waals surface area contributed by atoms with Gasteiger partial charge in [-0.05, 0) is 66.3 Å². The van der Waals surface area contributed by atoms with Gasteiger partial charge in [0.2, 0.25) is 0 Å². The summed E-state index contributed by atoms with van der Waals surface area (Å²) in [5, 5.41) is 2.74. The Bertz CT molecular complexity index is 607. The highest BCUT2D eigenvalue weighted by Crippen LogP contribution is 2.20. The van der Waals surface area contributed by atoms with Gasteiger partial charge in [0.1, 0.15) is 11.6 Å². The van der Waals surface area contributed by atoms with E-state index in [1.807, 2.05) is 0 Å². The Morgan fingerprint density at radius 1 is 1.00 bits per heavy atom. The SMILES string of the molecule is CNCC(=O)N=S(c1ccc(F)cc1)c1ccc(F)cc1. The van der Waals surface area contributed by atoms with Crippen LogP contribution in [0.2, 0.25) is 0 Å². The molecule has 110 valence electrons. The summed E-state index contributed by atoms with van der Waals surface area (Å²) in [5.41, 5.74) is 0. The molecule has 0 radical (unpaired) electrons. The van der Waals surface area contributed by atoms with Crippen LogP contribution in [-0.2, 0) is 15.5 Å². The van der Waals surface area contributed by atoms with Gasteiger partial charge < -0.3 is 5.32 Å². The molecule has 0 aromatic heterocycles. The van der Waals surface area contributed by atoms with Crippen LogP contribution in [0.25, 0.3) is 0 Å². The number of hydrogen-bond acceptors (Lipinski definition) is 2. The molecule has 2 aromatic carbocycles. The Kier molecular flexibility index (Phi) is 5.30. The largest absolute Gasteiger partial charge is 0.311 e. The van der Waals surface area contributed by atoms with Crippen molar-refractivity contribution in [2.45, 2.75) is 9.79 Å². The normalized spacial score (nSPS) is 10.7. The molecule has 1 N–H and O–H groups in total. The predicted molar refractivity (Wildman–Crippen MR) is 78.1 cm³/mol. The van der Waals surface area contributed by atoms with Crippen LogP contribution in [0.3, 0.4) is 0 Å². The smallest absolute Gasteiger partial charge is 0.266 e. The van der Waals surface area contributed by atoms with Crippen LogP contribution in [0.15, 0.2) is 62.7 Å². The van der Waals surface area contributed by atoms with Gasteiger partial charge in [0.15, 0.2) is 0 Å². The number of rotatable bonds is 4. The minimum atomic E-state index is -0.897. The first-order chi connectivity index (χ1) is 10.1. The summed E-state index contributed by atoms with van der Waals surface area (Å²) in [5.74, 6) is -1.03. The van der Waals surface area contributed by atoms with Gasteiger partial charge in [0, 0.05) is 9.79 Å². The number of likely N-dealkylation sites (N-methyl/N-ethyl adjacent to an activating group) is 1. The van der Waals surface area contributed by atoms with Crippen LogP contribution in [0.4, 0.5) is 8.78 Å². The summed E-state index contributed by atoms with van der Waals surface area (Å²) in [6.07, 6.45) is 0. The van der Waals surface area contributed by atoms with Crippen LogP contribution in [0, 0.1) is 11.6 Å². The summed E-state index contributed by atoms with van der Waals surface area (Å²) in [4.78, 5) is 13.2. The summed E-state index contributed by atoms with van der Waals surface area (Å²) in [6, 6.07) is 11.6. The molecule has 21 heavy (non-hydrogen) atoms. The second-order valence-corrected chi connectivity index (χ2v) is 5.90. The van der Waals surface area contributed by atoms with E-state index >= 15 is 0 Å². The van der Waals surface area contributed by atoms with Crippen LogP contribution >= 0.6 is 0 Å². The maximum Gasteiger partial charge on any atom is 0.266 e. The van der Waals surface area contributed by atoms with Crippen molar-refractivity contribution >= 4 is 16.6 Å². The summed E-state index contributed by atoms with van der Waals surface area (Å²) >= 11 is 0. The summed E-state index contributed by atoms with van der Waals surface area (Å²) in [7, 11) is 0.757. The number of halogens is 2. The molecule has 0 saturated heterocycles. The van der Waals surface area contributed by atoms with Crippen molar-refractivity contribution in [1.29, 1.82) is 0 Å². The number of carbonyl (C=O) groups excluding carboxylic acids is 1. The molecular formula is C15H14F2N2OS. The van der Waals surface area contributed by atoms with Crippen LogP contribution in [0.5, 0.6) is 0 Å². The molecule has 6 heteroatoms. The van der Waals surface area contributed by atoms with Gasteiger partial charge in [-0.15, -0.1) is 0 Å². The lowest BCUT2D eigenvalue weighted by Crippen LogP contribution is -2.17. The fraction of sp³-hybridized carbons (Fsp3) is 0.133. The number of carbonyl (C=O) groups is 1. The first kappa shape index (κ1) is 15.5. The third-order valence-corrected chi connectivity index (χ3v) is 4.42. The van der Waals surface area contributed by atoms with Gasteiger partial charge in [-0.2, -0.15) is 4.36 Å². The molecule has 0 atom stereocenters. The molecule has 1 amide bonds. The van der Waals surface area contributed by atoms with Crippen LogP contribution in [-0.4, -0.2) is 19.5 Å². The Labute approximate surface area is 124 Å². The molecule has 0 fully saturated rings. The van der Waals surface area contributed by atoms with Crippen LogP contribution < -0.4 is 5.32 Å². The topological polar surface area (TPSA) is 41.5 Å². The molecule has 2 rings (SSSR count). The van der Waals surface area contributed by atoms with E-state index in [4.69, 9.17) is 0 Å². The van der Waals surface area contributed by atoms with E-state index in [0.29, 0.717) is 9.79 Å². The zero-order chi connectivity index (χ0) is 15.2.